The van der Waals surface area contributed by atoms with E-state index in [1.54, 1.807) is 24.9 Å². The van der Waals surface area contributed by atoms with Gasteiger partial charge in [0.05, 0.1) is 5.54 Å². The van der Waals surface area contributed by atoms with Gasteiger partial charge in [0.25, 0.3) is 0 Å². The van der Waals surface area contributed by atoms with Gasteiger partial charge in [-0.2, -0.15) is 0 Å². The van der Waals surface area contributed by atoms with Crippen molar-refractivity contribution in [2.45, 2.75) is 31.7 Å². The van der Waals surface area contributed by atoms with Crippen molar-refractivity contribution in [1.29, 1.82) is 0 Å². The minimum Gasteiger partial charge on any atom is -0.317 e. The number of hydrogen-bond acceptors (Lipinski definition) is 2. The third-order valence-corrected chi connectivity index (χ3v) is 4.60. The summed E-state index contributed by atoms with van der Waals surface area (Å²) < 4.78 is 0. The molecular formula is C15H17ClN2O2. The topological polar surface area (TPSA) is 49.4 Å². The third kappa shape index (κ3) is 1.90. The fraction of sp³-hybridized carbons (Fsp3) is 0.467. The molecule has 1 atom stereocenters. The SMILES string of the molecule is CC(=O)CC1(C2CC2)c2cc(Cl)ccc2NC(=O)N1C. The highest BCUT2D eigenvalue weighted by atomic mass is 35.5. The number of carbonyl (C=O) groups excluding carboxylic acids is 2. The van der Waals surface area contributed by atoms with Crippen LogP contribution in [0.15, 0.2) is 18.2 Å². The summed E-state index contributed by atoms with van der Waals surface area (Å²) in [4.78, 5) is 25.7. The van der Waals surface area contributed by atoms with Gasteiger partial charge in [0, 0.05) is 29.7 Å². The standard InChI is InChI=1S/C15H17ClN2O2/c1-9(19)8-15(10-3-4-10)12-7-11(16)5-6-13(12)17-14(20)18(15)2/h5-7,10H,3-4,8H2,1-2H3,(H,17,20). The van der Waals surface area contributed by atoms with E-state index in [4.69, 9.17) is 11.6 Å². The van der Waals surface area contributed by atoms with Crippen LogP contribution in [0, 0.1) is 5.92 Å². The first kappa shape index (κ1) is 13.4. The van der Waals surface area contributed by atoms with Gasteiger partial charge < -0.3 is 10.2 Å². The minimum absolute atomic E-state index is 0.0874. The van der Waals surface area contributed by atoms with E-state index >= 15 is 0 Å². The summed E-state index contributed by atoms with van der Waals surface area (Å²) in [5, 5.41) is 3.49. The molecule has 0 saturated heterocycles. The molecule has 0 radical (unpaired) electrons. The van der Waals surface area contributed by atoms with Crippen LogP contribution in [0.25, 0.3) is 0 Å². The first-order chi connectivity index (χ1) is 9.45. The number of Topliss-reactive ketones (excluding diaryl/α,β-unsaturated/α-hetero) is 1. The molecule has 1 N–H and O–H groups in total. The molecule has 1 unspecified atom stereocenters. The molecular weight excluding hydrogens is 276 g/mol. The molecule has 106 valence electrons. The predicted octanol–water partition coefficient (Wildman–Crippen LogP) is 3.40. The highest BCUT2D eigenvalue weighted by molar-refractivity contribution is 6.30. The normalized spacial score (nSPS) is 25.1. The molecule has 1 fully saturated rings. The van der Waals surface area contributed by atoms with Crippen LogP contribution in [-0.2, 0) is 10.3 Å². The highest BCUT2D eigenvalue weighted by Gasteiger charge is 2.54. The molecule has 20 heavy (non-hydrogen) atoms. The van der Waals surface area contributed by atoms with E-state index in [9.17, 15) is 9.59 Å². The molecule has 4 nitrogen and oxygen atoms in total. The van der Waals surface area contributed by atoms with Gasteiger partial charge in [-0.05, 0) is 43.9 Å². The lowest BCUT2D eigenvalue weighted by molar-refractivity contribution is -0.119. The minimum atomic E-state index is -0.547. The van der Waals surface area contributed by atoms with Gasteiger partial charge in [-0.3, -0.25) is 4.79 Å². The first-order valence-electron chi connectivity index (χ1n) is 6.79. The molecule has 1 heterocycles. The Kier molecular flexibility index (Phi) is 3.01. The number of nitrogens with zero attached hydrogens (tertiary/aromatic N) is 1. The summed E-state index contributed by atoms with van der Waals surface area (Å²) in [5.41, 5.74) is 1.18. The Hall–Kier alpha value is -1.55. The van der Waals surface area contributed by atoms with Crippen molar-refractivity contribution in [3.05, 3.63) is 28.8 Å². The quantitative estimate of drug-likeness (QED) is 0.928. The molecule has 2 aliphatic rings. The van der Waals surface area contributed by atoms with Crippen molar-refractivity contribution in [3.63, 3.8) is 0 Å². The lowest BCUT2D eigenvalue weighted by atomic mass is 9.77. The van der Waals surface area contributed by atoms with Crippen LogP contribution in [0.1, 0.15) is 31.7 Å². The van der Waals surface area contributed by atoms with Crippen LogP contribution >= 0.6 is 11.6 Å². The van der Waals surface area contributed by atoms with Crippen molar-refractivity contribution in [1.82, 2.24) is 4.90 Å². The van der Waals surface area contributed by atoms with Gasteiger partial charge in [0.2, 0.25) is 0 Å². The largest absolute Gasteiger partial charge is 0.322 e. The molecule has 1 saturated carbocycles. The van der Waals surface area contributed by atoms with Gasteiger partial charge in [0.15, 0.2) is 0 Å². The number of fused-ring (bicyclic) bond motifs is 1. The van der Waals surface area contributed by atoms with Crippen LogP contribution < -0.4 is 5.32 Å². The molecule has 0 bridgehead atoms. The van der Waals surface area contributed by atoms with E-state index in [-0.39, 0.29) is 11.8 Å². The maximum atomic E-state index is 12.2. The summed E-state index contributed by atoms with van der Waals surface area (Å²) in [6.07, 6.45) is 2.42. The van der Waals surface area contributed by atoms with E-state index in [2.05, 4.69) is 5.32 Å². The number of anilines is 1. The average Bonchev–Trinajstić information content (AvgIpc) is 3.20. The number of carbonyl (C=O) groups is 2. The van der Waals surface area contributed by atoms with E-state index in [0.29, 0.717) is 17.4 Å². The number of hydrogen-bond donors (Lipinski definition) is 1. The molecule has 3 rings (SSSR count). The zero-order valence-electron chi connectivity index (χ0n) is 11.6. The van der Waals surface area contributed by atoms with Crippen LogP contribution in [0.3, 0.4) is 0 Å². The van der Waals surface area contributed by atoms with Crippen molar-refractivity contribution in [3.8, 4) is 0 Å². The van der Waals surface area contributed by atoms with Crippen molar-refractivity contribution < 1.29 is 9.59 Å². The molecule has 0 spiro atoms. The number of urea groups is 1. The summed E-state index contributed by atoms with van der Waals surface area (Å²) in [7, 11) is 1.76. The van der Waals surface area contributed by atoms with Gasteiger partial charge in [0.1, 0.15) is 5.78 Å². The van der Waals surface area contributed by atoms with E-state index in [1.165, 1.54) is 0 Å². The average molecular weight is 293 g/mol. The van der Waals surface area contributed by atoms with Gasteiger partial charge in [-0.15, -0.1) is 0 Å². The number of amides is 2. The second kappa shape index (κ2) is 4.48. The van der Waals surface area contributed by atoms with E-state index in [0.717, 1.165) is 24.1 Å². The van der Waals surface area contributed by atoms with Crippen LogP contribution in [0.2, 0.25) is 5.02 Å². The maximum absolute atomic E-state index is 12.2. The Morgan fingerprint density at radius 1 is 1.50 bits per heavy atom. The molecule has 1 aromatic carbocycles. The monoisotopic (exact) mass is 292 g/mol. The Balaban J connectivity index is 2.22. The van der Waals surface area contributed by atoms with Gasteiger partial charge >= 0.3 is 6.03 Å². The second-order valence-electron chi connectivity index (χ2n) is 5.76. The lowest BCUT2D eigenvalue weighted by Crippen LogP contribution is -2.55. The third-order valence-electron chi connectivity index (χ3n) is 4.36. The molecule has 5 heteroatoms. The van der Waals surface area contributed by atoms with Crippen LogP contribution in [0.4, 0.5) is 10.5 Å². The molecule has 2 amide bonds. The van der Waals surface area contributed by atoms with Crippen molar-refractivity contribution in [2.24, 2.45) is 5.92 Å². The van der Waals surface area contributed by atoms with Crippen LogP contribution in [-0.4, -0.2) is 23.8 Å². The second-order valence-corrected chi connectivity index (χ2v) is 6.19. The van der Waals surface area contributed by atoms with Crippen LogP contribution in [0.5, 0.6) is 0 Å². The number of halogens is 1. The number of rotatable bonds is 3. The van der Waals surface area contributed by atoms with E-state index in [1.807, 2.05) is 12.1 Å². The summed E-state index contributed by atoms with van der Waals surface area (Å²) in [6, 6.07) is 5.30. The molecule has 1 aliphatic carbocycles. The molecule has 1 aromatic rings. The zero-order valence-corrected chi connectivity index (χ0v) is 12.3. The predicted molar refractivity (Wildman–Crippen MR) is 77.9 cm³/mol. The Morgan fingerprint density at radius 3 is 2.80 bits per heavy atom. The fourth-order valence-electron chi connectivity index (χ4n) is 3.34. The van der Waals surface area contributed by atoms with Crippen molar-refractivity contribution >= 4 is 29.1 Å². The first-order valence-corrected chi connectivity index (χ1v) is 7.17. The lowest BCUT2D eigenvalue weighted by Gasteiger charge is -2.46. The number of ketones is 1. The highest BCUT2D eigenvalue weighted by Crippen LogP contribution is 2.55. The summed E-state index contributed by atoms with van der Waals surface area (Å²) in [6.45, 7) is 1.58. The fourth-order valence-corrected chi connectivity index (χ4v) is 3.51. The Labute approximate surface area is 123 Å². The summed E-state index contributed by atoms with van der Waals surface area (Å²) >= 11 is 6.13. The van der Waals surface area contributed by atoms with Crippen molar-refractivity contribution in [2.75, 3.05) is 12.4 Å². The smallest absolute Gasteiger partial charge is 0.317 e. The van der Waals surface area contributed by atoms with E-state index < -0.39 is 5.54 Å². The maximum Gasteiger partial charge on any atom is 0.322 e. The summed E-state index contributed by atoms with van der Waals surface area (Å²) in [5.74, 6) is 0.420. The molecule has 0 aromatic heterocycles. The van der Waals surface area contributed by atoms with Gasteiger partial charge in [-0.25, -0.2) is 4.79 Å². The zero-order chi connectivity index (χ0) is 14.5. The Morgan fingerprint density at radius 2 is 2.20 bits per heavy atom. The van der Waals surface area contributed by atoms with Gasteiger partial charge in [-0.1, -0.05) is 11.6 Å². The number of nitrogens with one attached hydrogen (secondary N) is 1. The number of benzene rings is 1. The molecule has 1 aliphatic heterocycles. The Bertz CT molecular complexity index is 598.